The summed E-state index contributed by atoms with van der Waals surface area (Å²) in [5, 5.41) is 10.5. The summed E-state index contributed by atoms with van der Waals surface area (Å²) in [6.07, 6.45) is 1.87. The van der Waals surface area contributed by atoms with Crippen LogP contribution in [0, 0.1) is 17.7 Å². The Bertz CT molecular complexity index is 1730. The lowest BCUT2D eigenvalue weighted by Gasteiger charge is -2.35. The second-order valence-electron chi connectivity index (χ2n) is 9.39. The third-order valence-corrected chi connectivity index (χ3v) is 6.90. The van der Waals surface area contributed by atoms with Crippen LogP contribution in [0.25, 0.3) is 10.8 Å². The monoisotopic (exact) mass is 538 g/mol. The molecule has 0 aliphatic carbocycles. The Kier molecular flexibility index (Phi) is 7.55. The highest BCUT2D eigenvalue weighted by atomic mass is 19.1. The van der Waals surface area contributed by atoms with Crippen molar-refractivity contribution >= 4 is 28.4 Å². The fourth-order valence-corrected chi connectivity index (χ4v) is 4.80. The summed E-state index contributed by atoms with van der Waals surface area (Å²) in [4.78, 5) is 45.6. The van der Waals surface area contributed by atoms with Crippen LogP contribution in [0.15, 0.2) is 59.5 Å². The molecule has 9 nitrogen and oxygen atoms in total. The van der Waals surface area contributed by atoms with Gasteiger partial charge in [0.2, 0.25) is 0 Å². The predicted octanol–water partition coefficient (Wildman–Crippen LogP) is 2.74. The molecule has 10 heteroatoms. The Labute approximate surface area is 230 Å². The summed E-state index contributed by atoms with van der Waals surface area (Å²) < 4.78 is 14.9. The van der Waals surface area contributed by atoms with Gasteiger partial charge in [0.25, 0.3) is 17.4 Å². The molecule has 0 unspecified atom stereocenters. The van der Waals surface area contributed by atoms with Crippen LogP contribution in [0.4, 0.5) is 10.2 Å². The number of rotatable bonds is 5. The van der Waals surface area contributed by atoms with Crippen LogP contribution in [0.2, 0.25) is 0 Å². The number of amides is 2. The van der Waals surface area contributed by atoms with E-state index in [1.165, 1.54) is 6.07 Å². The molecule has 5 rings (SSSR count). The molecule has 1 aliphatic heterocycles. The number of aromatic nitrogens is 3. The first-order valence-electron chi connectivity index (χ1n) is 12.8. The van der Waals surface area contributed by atoms with Crippen LogP contribution in [0.3, 0.4) is 0 Å². The van der Waals surface area contributed by atoms with Crippen molar-refractivity contribution in [2.75, 3.05) is 38.1 Å². The number of pyridine rings is 1. The first-order chi connectivity index (χ1) is 19.4. The van der Waals surface area contributed by atoms with Crippen LogP contribution in [0.5, 0.6) is 0 Å². The van der Waals surface area contributed by atoms with Crippen molar-refractivity contribution in [1.29, 1.82) is 0 Å². The summed E-state index contributed by atoms with van der Waals surface area (Å²) in [6, 6.07) is 13.1. The molecule has 40 heavy (non-hydrogen) atoms. The Morgan fingerprint density at radius 2 is 1.85 bits per heavy atom. The van der Waals surface area contributed by atoms with Crippen molar-refractivity contribution in [3.63, 3.8) is 0 Å². The highest BCUT2D eigenvalue weighted by molar-refractivity contribution is 5.95. The van der Waals surface area contributed by atoms with Gasteiger partial charge in [0.1, 0.15) is 11.6 Å². The predicted molar refractivity (Wildman–Crippen MR) is 150 cm³/mol. The fourth-order valence-electron chi connectivity index (χ4n) is 4.80. The molecule has 2 amide bonds. The topological polar surface area (TPSA) is 111 Å². The first kappa shape index (κ1) is 26.6. The van der Waals surface area contributed by atoms with Crippen LogP contribution in [-0.4, -0.2) is 65.1 Å². The maximum atomic E-state index is 14.9. The quantitative estimate of drug-likeness (QED) is 0.378. The number of nitrogens with one attached hydrogen (secondary N) is 2. The largest absolute Gasteiger partial charge is 0.355 e. The van der Waals surface area contributed by atoms with E-state index in [2.05, 4.69) is 32.3 Å². The number of carbonyl (C=O) groups is 2. The van der Waals surface area contributed by atoms with Gasteiger partial charge < -0.3 is 15.1 Å². The highest BCUT2D eigenvalue weighted by Crippen LogP contribution is 2.22. The van der Waals surface area contributed by atoms with Gasteiger partial charge in [-0.25, -0.2) is 14.5 Å². The minimum Gasteiger partial charge on any atom is -0.355 e. The van der Waals surface area contributed by atoms with Gasteiger partial charge in [0, 0.05) is 62.4 Å². The number of halogens is 1. The maximum absolute atomic E-state index is 14.9. The van der Waals surface area contributed by atoms with Crippen LogP contribution < -0.4 is 15.8 Å². The lowest BCUT2D eigenvalue weighted by Crippen LogP contribution is -2.49. The standard InChI is InChI=1S/C30H27FN6O3/c1-3-4-19-5-7-22-23(15-19)26(34-35-29(22)39)17-20-6-8-25(31)24(16-20)30(40)37-13-11-36(12-14-37)27-18-21(9-10-33-27)28(38)32-2/h5-10,15-16,18H,11-14,17H2,1-2H3,(H,32,38)(H,35,39). The minimum atomic E-state index is -0.601. The molecule has 0 saturated carbocycles. The third-order valence-electron chi connectivity index (χ3n) is 6.90. The Balaban J connectivity index is 1.34. The number of hydrogen-bond donors (Lipinski definition) is 2. The molecule has 2 N–H and O–H groups in total. The van der Waals surface area contributed by atoms with Crippen LogP contribution >= 0.6 is 0 Å². The van der Waals surface area contributed by atoms with E-state index < -0.39 is 11.7 Å². The molecule has 0 bridgehead atoms. The van der Waals surface area contributed by atoms with E-state index in [0.717, 1.165) is 5.56 Å². The van der Waals surface area contributed by atoms with Gasteiger partial charge in [-0.1, -0.05) is 12.0 Å². The molecule has 1 saturated heterocycles. The van der Waals surface area contributed by atoms with E-state index in [-0.39, 0.29) is 23.5 Å². The first-order valence-corrected chi connectivity index (χ1v) is 12.8. The minimum absolute atomic E-state index is 0.0167. The van der Waals surface area contributed by atoms with Gasteiger partial charge in [0.15, 0.2) is 0 Å². The van der Waals surface area contributed by atoms with Crippen molar-refractivity contribution in [3.05, 3.63) is 98.8 Å². The lowest BCUT2D eigenvalue weighted by atomic mass is 10.0. The fraction of sp³-hybridized carbons (Fsp3) is 0.233. The molecule has 1 fully saturated rings. The number of piperazine rings is 1. The number of nitrogens with zero attached hydrogens (tertiary/aromatic N) is 4. The van der Waals surface area contributed by atoms with Gasteiger partial charge in [-0.2, -0.15) is 5.10 Å². The van der Waals surface area contributed by atoms with Crippen LogP contribution in [0.1, 0.15) is 44.5 Å². The summed E-state index contributed by atoms with van der Waals surface area (Å²) in [5.41, 5.74) is 2.22. The molecule has 2 aromatic heterocycles. The van der Waals surface area contributed by atoms with E-state index in [0.29, 0.717) is 59.6 Å². The average Bonchev–Trinajstić information content (AvgIpc) is 2.99. The Morgan fingerprint density at radius 3 is 2.60 bits per heavy atom. The number of benzene rings is 2. The van der Waals surface area contributed by atoms with Crippen molar-refractivity contribution in [2.45, 2.75) is 13.3 Å². The van der Waals surface area contributed by atoms with Gasteiger partial charge in [-0.05, 0) is 55.0 Å². The van der Waals surface area contributed by atoms with Crippen LogP contribution in [-0.2, 0) is 6.42 Å². The summed E-state index contributed by atoms with van der Waals surface area (Å²) in [5.74, 6) is 5.28. The number of H-pyrrole nitrogens is 1. The van der Waals surface area contributed by atoms with Crippen molar-refractivity contribution in [3.8, 4) is 11.8 Å². The Morgan fingerprint density at radius 1 is 1.05 bits per heavy atom. The van der Waals surface area contributed by atoms with Gasteiger partial charge in [0.05, 0.1) is 16.6 Å². The molecule has 0 spiro atoms. The molecule has 2 aromatic carbocycles. The second kappa shape index (κ2) is 11.4. The van der Waals surface area contributed by atoms with E-state index in [9.17, 15) is 18.8 Å². The number of aromatic amines is 1. The van der Waals surface area contributed by atoms with E-state index in [4.69, 9.17) is 0 Å². The summed E-state index contributed by atoms with van der Waals surface area (Å²) in [6.45, 7) is 3.48. The molecule has 0 atom stereocenters. The van der Waals surface area contributed by atoms with Crippen molar-refractivity contribution < 1.29 is 14.0 Å². The third kappa shape index (κ3) is 5.40. The SMILES string of the molecule is CC#Cc1ccc2c(=O)[nH]nc(Cc3ccc(F)c(C(=O)N4CCN(c5cc(C(=O)NC)ccn5)CC4)c3)c2c1. The summed E-state index contributed by atoms with van der Waals surface area (Å²) in [7, 11) is 1.57. The zero-order chi connectivity index (χ0) is 28.2. The smallest absolute Gasteiger partial charge is 0.272 e. The van der Waals surface area contributed by atoms with Gasteiger partial charge in [-0.3, -0.25) is 14.4 Å². The van der Waals surface area contributed by atoms with Gasteiger partial charge in [-0.15, -0.1) is 5.92 Å². The zero-order valence-corrected chi connectivity index (χ0v) is 22.1. The van der Waals surface area contributed by atoms with Gasteiger partial charge >= 0.3 is 0 Å². The Hall–Kier alpha value is -5.04. The molecule has 202 valence electrons. The van der Waals surface area contributed by atoms with E-state index in [1.807, 2.05) is 11.0 Å². The molecular formula is C30H27FN6O3. The molecule has 0 radical (unpaired) electrons. The van der Waals surface area contributed by atoms with E-state index >= 15 is 0 Å². The number of hydrogen-bond acceptors (Lipinski definition) is 6. The average molecular weight is 539 g/mol. The van der Waals surface area contributed by atoms with E-state index in [1.54, 1.807) is 61.5 Å². The maximum Gasteiger partial charge on any atom is 0.272 e. The molecule has 4 aromatic rings. The molecular weight excluding hydrogens is 511 g/mol. The van der Waals surface area contributed by atoms with Crippen molar-refractivity contribution in [1.82, 2.24) is 25.4 Å². The van der Waals surface area contributed by atoms with Crippen molar-refractivity contribution in [2.24, 2.45) is 0 Å². The normalized spacial score (nSPS) is 13.1. The molecule has 3 heterocycles. The number of anilines is 1. The number of carbonyl (C=O) groups excluding carboxylic acids is 2. The summed E-state index contributed by atoms with van der Waals surface area (Å²) >= 11 is 0. The second-order valence-corrected chi connectivity index (χ2v) is 9.39. The lowest BCUT2D eigenvalue weighted by molar-refractivity contribution is 0.0741. The zero-order valence-electron chi connectivity index (χ0n) is 22.1. The molecule has 1 aliphatic rings. The highest BCUT2D eigenvalue weighted by Gasteiger charge is 2.25. The number of fused-ring (bicyclic) bond motifs is 1.